The minimum atomic E-state index is -0.506. The van der Waals surface area contributed by atoms with Gasteiger partial charge in [0.1, 0.15) is 5.82 Å². The number of hydrogen-bond donors (Lipinski definition) is 1. The molecule has 3 heteroatoms. The highest BCUT2D eigenvalue weighted by Gasteiger charge is 2.05. The van der Waals surface area contributed by atoms with Gasteiger partial charge in [-0.25, -0.2) is 4.39 Å². The van der Waals surface area contributed by atoms with Crippen molar-refractivity contribution in [2.75, 3.05) is 0 Å². The molecule has 0 amide bonds. The summed E-state index contributed by atoms with van der Waals surface area (Å²) in [6.07, 6.45) is -0.153. The molecule has 1 N–H and O–H groups in total. The Hall–Kier alpha value is -0.410. The Balaban J connectivity index is 2.90. The van der Waals surface area contributed by atoms with Gasteiger partial charge in [-0.05, 0) is 30.7 Å². The molecule has 0 saturated heterocycles. The molecular weight excluding hydrogens is 223 g/mol. The third-order valence-corrected chi connectivity index (χ3v) is 2.02. The zero-order chi connectivity index (χ0) is 9.14. The predicted octanol–water partition coefficient (Wildman–Crippen LogP) is 2.51. The summed E-state index contributed by atoms with van der Waals surface area (Å²) in [6.45, 7) is 1.64. The van der Waals surface area contributed by atoms with Crippen molar-refractivity contribution < 1.29 is 9.50 Å². The molecule has 1 rings (SSSR count). The van der Waals surface area contributed by atoms with Crippen LogP contribution in [-0.4, -0.2) is 11.2 Å². The molecule has 0 aliphatic rings. The van der Waals surface area contributed by atoms with Gasteiger partial charge in [0.05, 0.1) is 6.10 Å². The highest BCUT2D eigenvalue weighted by molar-refractivity contribution is 9.10. The standard InChI is InChI=1S/C9H10BrFO/c1-6(12)4-7-5-8(10)2-3-9(7)11/h2-3,5-6,12H,4H2,1H3. The lowest BCUT2D eigenvalue weighted by Crippen LogP contribution is -2.05. The second kappa shape index (κ2) is 4.01. The number of aliphatic hydroxyl groups is 1. The van der Waals surface area contributed by atoms with Crippen molar-refractivity contribution in [1.29, 1.82) is 0 Å². The molecule has 66 valence electrons. The molecule has 0 spiro atoms. The van der Waals surface area contributed by atoms with Gasteiger partial charge in [-0.1, -0.05) is 15.9 Å². The fourth-order valence-electron chi connectivity index (χ4n) is 1.02. The van der Waals surface area contributed by atoms with Crippen LogP contribution in [0.4, 0.5) is 4.39 Å². The molecule has 1 atom stereocenters. The minimum absolute atomic E-state index is 0.265. The van der Waals surface area contributed by atoms with Crippen LogP contribution in [-0.2, 0) is 6.42 Å². The summed E-state index contributed by atoms with van der Waals surface area (Å²) >= 11 is 3.24. The zero-order valence-corrected chi connectivity index (χ0v) is 8.31. The lowest BCUT2D eigenvalue weighted by Gasteiger charge is -2.05. The van der Waals surface area contributed by atoms with Gasteiger partial charge in [0.15, 0.2) is 0 Å². The summed E-state index contributed by atoms with van der Waals surface area (Å²) < 4.78 is 13.8. The van der Waals surface area contributed by atoms with Crippen molar-refractivity contribution in [2.45, 2.75) is 19.4 Å². The molecule has 0 saturated carbocycles. The second-order valence-corrected chi connectivity index (χ2v) is 3.70. The number of benzene rings is 1. The Morgan fingerprint density at radius 2 is 2.25 bits per heavy atom. The smallest absolute Gasteiger partial charge is 0.126 e. The molecule has 1 aromatic rings. The van der Waals surface area contributed by atoms with Crippen LogP contribution in [0.2, 0.25) is 0 Å². The summed E-state index contributed by atoms with van der Waals surface area (Å²) in [6, 6.07) is 4.71. The molecule has 12 heavy (non-hydrogen) atoms. The molecule has 1 aromatic carbocycles. The molecule has 0 aliphatic carbocycles. The number of rotatable bonds is 2. The Labute approximate surface area is 79.4 Å². The maximum absolute atomic E-state index is 13.0. The molecular formula is C9H10BrFO. The van der Waals surface area contributed by atoms with Crippen LogP contribution >= 0.6 is 15.9 Å². The highest BCUT2D eigenvalue weighted by atomic mass is 79.9. The summed E-state index contributed by atoms with van der Waals surface area (Å²) in [5, 5.41) is 9.04. The van der Waals surface area contributed by atoms with Gasteiger partial charge in [0.25, 0.3) is 0 Å². The zero-order valence-electron chi connectivity index (χ0n) is 6.72. The lowest BCUT2D eigenvalue weighted by atomic mass is 10.1. The first kappa shape index (κ1) is 9.68. The third kappa shape index (κ3) is 2.57. The summed E-state index contributed by atoms with van der Waals surface area (Å²) in [5.41, 5.74) is 0.541. The molecule has 0 aliphatic heterocycles. The van der Waals surface area contributed by atoms with Crippen molar-refractivity contribution >= 4 is 15.9 Å². The molecule has 0 radical (unpaired) electrons. The summed E-state index contributed by atoms with van der Waals surface area (Å²) in [4.78, 5) is 0. The first-order chi connectivity index (χ1) is 5.59. The maximum Gasteiger partial charge on any atom is 0.126 e. The van der Waals surface area contributed by atoms with Crippen LogP contribution in [0.5, 0.6) is 0 Å². The molecule has 0 bridgehead atoms. The molecule has 1 nitrogen and oxygen atoms in total. The van der Waals surface area contributed by atoms with E-state index >= 15 is 0 Å². The fraction of sp³-hybridized carbons (Fsp3) is 0.333. The van der Waals surface area contributed by atoms with Crippen LogP contribution in [0.15, 0.2) is 22.7 Å². The van der Waals surface area contributed by atoms with E-state index in [1.807, 2.05) is 0 Å². The number of halogens is 2. The predicted molar refractivity (Wildman–Crippen MR) is 49.5 cm³/mol. The highest BCUT2D eigenvalue weighted by Crippen LogP contribution is 2.16. The van der Waals surface area contributed by atoms with Gasteiger partial charge in [0, 0.05) is 10.9 Å². The molecule has 1 unspecified atom stereocenters. The Morgan fingerprint density at radius 1 is 1.58 bits per heavy atom. The lowest BCUT2D eigenvalue weighted by molar-refractivity contribution is 0.194. The average molecular weight is 233 g/mol. The van der Waals surface area contributed by atoms with Gasteiger partial charge in [-0.2, -0.15) is 0 Å². The van der Waals surface area contributed by atoms with Crippen molar-refractivity contribution in [3.8, 4) is 0 Å². The van der Waals surface area contributed by atoms with E-state index in [-0.39, 0.29) is 5.82 Å². The van der Waals surface area contributed by atoms with Crippen LogP contribution in [0.3, 0.4) is 0 Å². The van der Waals surface area contributed by atoms with E-state index in [4.69, 9.17) is 5.11 Å². The SMILES string of the molecule is CC(O)Cc1cc(Br)ccc1F. The average Bonchev–Trinajstić information content (AvgIpc) is 1.96. The van der Waals surface area contributed by atoms with Gasteiger partial charge in [-0.15, -0.1) is 0 Å². The van der Waals surface area contributed by atoms with Crippen LogP contribution in [0.1, 0.15) is 12.5 Å². The van der Waals surface area contributed by atoms with E-state index in [1.54, 1.807) is 19.1 Å². The van der Waals surface area contributed by atoms with Gasteiger partial charge < -0.3 is 5.11 Å². The molecule has 0 heterocycles. The van der Waals surface area contributed by atoms with Crippen molar-refractivity contribution in [3.05, 3.63) is 34.1 Å². The summed E-state index contributed by atoms with van der Waals surface area (Å²) in [5.74, 6) is -0.265. The van der Waals surface area contributed by atoms with Crippen LogP contribution < -0.4 is 0 Å². The van der Waals surface area contributed by atoms with Crippen molar-refractivity contribution in [3.63, 3.8) is 0 Å². The third-order valence-electron chi connectivity index (χ3n) is 1.52. The van der Waals surface area contributed by atoms with Gasteiger partial charge in [0.2, 0.25) is 0 Å². The largest absolute Gasteiger partial charge is 0.393 e. The van der Waals surface area contributed by atoms with Gasteiger partial charge >= 0.3 is 0 Å². The number of aliphatic hydroxyl groups excluding tert-OH is 1. The van der Waals surface area contributed by atoms with Crippen LogP contribution in [0, 0.1) is 5.82 Å². The minimum Gasteiger partial charge on any atom is -0.393 e. The number of hydrogen-bond acceptors (Lipinski definition) is 1. The van der Waals surface area contributed by atoms with Crippen molar-refractivity contribution in [1.82, 2.24) is 0 Å². The van der Waals surface area contributed by atoms with E-state index in [9.17, 15) is 4.39 Å². The van der Waals surface area contributed by atoms with E-state index in [0.29, 0.717) is 12.0 Å². The topological polar surface area (TPSA) is 20.2 Å². The Morgan fingerprint density at radius 3 is 2.83 bits per heavy atom. The Kier molecular flexibility index (Phi) is 3.23. The fourth-order valence-corrected chi connectivity index (χ4v) is 1.43. The van der Waals surface area contributed by atoms with E-state index in [2.05, 4.69) is 15.9 Å². The van der Waals surface area contributed by atoms with E-state index < -0.39 is 6.10 Å². The molecule has 0 aromatic heterocycles. The van der Waals surface area contributed by atoms with Gasteiger partial charge in [-0.3, -0.25) is 0 Å². The Bertz CT molecular complexity index is 273. The monoisotopic (exact) mass is 232 g/mol. The summed E-state index contributed by atoms with van der Waals surface area (Å²) in [7, 11) is 0. The first-order valence-corrected chi connectivity index (χ1v) is 4.51. The van der Waals surface area contributed by atoms with E-state index in [1.165, 1.54) is 6.07 Å². The quantitative estimate of drug-likeness (QED) is 0.832. The van der Waals surface area contributed by atoms with Crippen molar-refractivity contribution in [2.24, 2.45) is 0 Å². The second-order valence-electron chi connectivity index (χ2n) is 2.79. The normalized spacial score (nSPS) is 13.0. The van der Waals surface area contributed by atoms with Crippen LogP contribution in [0.25, 0.3) is 0 Å². The molecule has 0 fully saturated rings. The maximum atomic E-state index is 13.0. The first-order valence-electron chi connectivity index (χ1n) is 3.71. The van der Waals surface area contributed by atoms with E-state index in [0.717, 1.165) is 4.47 Å².